The Morgan fingerprint density at radius 2 is 1.92 bits per heavy atom. The van der Waals surface area contributed by atoms with E-state index in [1.54, 1.807) is 0 Å². The highest BCUT2D eigenvalue weighted by Gasteiger charge is 2.25. The Kier molecular flexibility index (Phi) is 4.53. The van der Waals surface area contributed by atoms with Crippen molar-refractivity contribution in [3.63, 3.8) is 0 Å². The number of rotatable bonds is 3. The first-order valence-corrected chi connectivity index (χ1v) is 9.64. The van der Waals surface area contributed by atoms with E-state index < -0.39 is 0 Å². The van der Waals surface area contributed by atoms with Crippen LogP contribution in [0.1, 0.15) is 20.3 Å². The van der Waals surface area contributed by atoms with Crippen molar-refractivity contribution in [2.45, 2.75) is 20.3 Å². The van der Waals surface area contributed by atoms with Crippen LogP contribution in [0.3, 0.4) is 0 Å². The van der Waals surface area contributed by atoms with Gasteiger partial charge >= 0.3 is 0 Å². The van der Waals surface area contributed by atoms with Crippen LogP contribution >= 0.6 is 9.24 Å². The van der Waals surface area contributed by atoms with Crippen LogP contribution < -0.4 is 15.5 Å². The lowest BCUT2D eigenvalue weighted by molar-refractivity contribution is 0.354. The van der Waals surface area contributed by atoms with Crippen molar-refractivity contribution >= 4 is 43.0 Å². The smallest absolute Gasteiger partial charge is 0.229 e. The van der Waals surface area contributed by atoms with Gasteiger partial charge in [0.1, 0.15) is 5.82 Å². The number of fused-ring (bicyclic) bond motifs is 1. The maximum atomic E-state index is 4.88. The molecule has 7 heteroatoms. The Labute approximate surface area is 156 Å². The van der Waals surface area contributed by atoms with E-state index in [-0.39, 0.29) is 0 Å². The molecule has 0 aliphatic carbocycles. The third-order valence-electron chi connectivity index (χ3n) is 4.88. The summed E-state index contributed by atoms with van der Waals surface area (Å²) in [6.07, 6.45) is 3.09. The van der Waals surface area contributed by atoms with E-state index in [1.807, 2.05) is 30.1 Å². The van der Waals surface area contributed by atoms with Gasteiger partial charge in [-0.25, -0.2) is 0 Å². The SMILES string of the molecule is CC1CC(C)CN(c2nc(Nc3cccc(P)c3)c3cnn(C)c3n2)C1. The van der Waals surface area contributed by atoms with Crippen molar-refractivity contribution in [3.8, 4) is 0 Å². The predicted octanol–water partition coefficient (Wildman–Crippen LogP) is 3.09. The molecular formula is C19H25N6P. The molecule has 0 spiro atoms. The van der Waals surface area contributed by atoms with Crippen LogP contribution in [0.15, 0.2) is 30.5 Å². The highest BCUT2D eigenvalue weighted by Crippen LogP contribution is 2.29. The third-order valence-corrected chi connectivity index (χ3v) is 5.24. The van der Waals surface area contributed by atoms with Crippen LogP contribution in [-0.2, 0) is 7.05 Å². The van der Waals surface area contributed by atoms with E-state index in [2.05, 4.69) is 50.5 Å². The second kappa shape index (κ2) is 6.84. The lowest BCUT2D eigenvalue weighted by Crippen LogP contribution is -2.39. The lowest BCUT2D eigenvalue weighted by atomic mass is 9.92. The zero-order valence-electron chi connectivity index (χ0n) is 15.5. The molecule has 26 heavy (non-hydrogen) atoms. The van der Waals surface area contributed by atoms with E-state index >= 15 is 0 Å². The molecule has 3 heterocycles. The number of aryl methyl sites for hydroxylation is 1. The fourth-order valence-electron chi connectivity index (χ4n) is 3.83. The maximum absolute atomic E-state index is 4.88. The quantitative estimate of drug-likeness (QED) is 0.720. The number of piperidine rings is 1. The molecule has 0 saturated carbocycles. The normalized spacial score (nSPS) is 20.5. The van der Waals surface area contributed by atoms with E-state index in [0.717, 1.165) is 46.9 Å². The molecule has 1 aromatic carbocycles. The van der Waals surface area contributed by atoms with Gasteiger partial charge in [0.05, 0.1) is 11.6 Å². The van der Waals surface area contributed by atoms with Gasteiger partial charge in [0.15, 0.2) is 5.65 Å². The fourth-order valence-corrected chi connectivity index (χ4v) is 4.12. The summed E-state index contributed by atoms with van der Waals surface area (Å²) in [6, 6.07) is 8.21. The summed E-state index contributed by atoms with van der Waals surface area (Å²) in [5.41, 5.74) is 1.86. The summed E-state index contributed by atoms with van der Waals surface area (Å²) in [5, 5.41) is 9.91. The Balaban J connectivity index is 1.76. The van der Waals surface area contributed by atoms with Gasteiger partial charge in [-0.15, -0.1) is 9.24 Å². The summed E-state index contributed by atoms with van der Waals surface area (Å²) >= 11 is 0. The third kappa shape index (κ3) is 3.38. The Morgan fingerprint density at radius 1 is 1.15 bits per heavy atom. The van der Waals surface area contributed by atoms with E-state index in [1.165, 1.54) is 6.42 Å². The molecule has 1 fully saturated rings. The largest absolute Gasteiger partial charge is 0.340 e. The summed E-state index contributed by atoms with van der Waals surface area (Å²) in [7, 11) is 4.65. The molecule has 3 aromatic rings. The number of hydrogen-bond acceptors (Lipinski definition) is 5. The first kappa shape index (κ1) is 17.2. The fraction of sp³-hybridized carbons (Fsp3) is 0.421. The van der Waals surface area contributed by atoms with Gasteiger partial charge in [0.25, 0.3) is 0 Å². The van der Waals surface area contributed by atoms with Gasteiger partial charge in [-0.1, -0.05) is 26.0 Å². The second-order valence-electron chi connectivity index (χ2n) is 7.48. The second-order valence-corrected chi connectivity index (χ2v) is 8.15. The molecular weight excluding hydrogens is 343 g/mol. The van der Waals surface area contributed by atoms with Gasteiger partial charge in [0, 0.05) is 25.8 Å². The minimum Gasteiger partial charge on any atom is -0.340 e. The van der Waals surface area contributed by atoms with E-state index in [4.69, 9.17) is 9.97 Å². The molecule has 0 radical (unpaired) electrons. The van der Waals surface area contributed by atoms with Gasteiger partial charge < -0.3 is 10.2 Å². The van der Waals surface area contributed by atoms with Crippen LogP contribution in [-0.4, -0.2) is 32.8 Å². The molecule has 1 saturated heterocycles. The average Bonchev–Trinajstić information content (AvgIpc) is 2.96. The van der Waals surface area contributed by atoms with Crippen LogP contribution in [0.4, 0.5) is 17.5 Å². The van der Waals surface area contributed by atoms with Crippen molar-refractivity contribution in [1.29, 1.82) is 0 Å². The molecule has 4 rings (SSSR count). The molecule has 3 atom stereocenters. The lowest BCUT2D eigenvalue weighted by Gasteiger charge is -2.35. The van der Waals surface area contributed by atoms with Crippen molar-refractivity contribution in [2.24, 2.45) is 18.9 Å². The van der Waals surface area contributed by atoms with Crippen molar-refractivity contribution in [1.82, 2.24) is 19.7 Å². The Morgan fingerprint density at radius 3 is 2.65 bits per heavy atom. The highest BCUT2D eigenvalue weighted by atomic mass is 31.0. The van der Waals surface area contributed by atoms with E-state index in [0.29, 0.717) is 11.8 Å². The van der Waals surface area contributed by atoms with Gasteiger partial charge in [-0.3, -0.25) is 4.68 Å². The van der Waals surface area contributed by atoms with E-state index in [9.17, 15) is 0 Å². The van der Waals surface area contributed by atoms with Crippen molar-refractivity contribution in [3.05, 3.63) is 30.5 Å². The number of benzene rings is 1. The molecule has 0 bridgehead atoms. The average molecular weight is 368 g/mol. The minimum absolute atomic E-state index is 0.648. The standard InChI is InChI=1S/C19H25N6P/c1-12-7-13(2)11-25(10-12)19-22-17(16-9-20-24(3)18(16)23-19)21-14-5-4-6-15(26)8-14/h4-6,8-9,12-13H,7,10-11,26H2,1-3H3,(H,21,22,23). The molecule has 1 N–H and O–H groups in total. The minimum atomic E-state index is 0.648. The summed E-state index contributed by atoms with van der Waals surface area (Å²) in [6.45, 7) is 6.59. The highest BCUT2D eigenvalue weighted by molar-refractivity contribution is 7.27. The van der Waals surface area contributed by atoms with Crippen molar-refractivity contribution < 1.29 is 0 Å². The first-order valence-electron chi connectivity index (χ1n) is 9.07. The number of anilines is 3. The summed E-state index contributed by atoms with van der Waals surface area (Å²) in [4.78, 5) is 12.0. The molecule has 3 unspecified atom stereocenters. The van der Waals surface area contributed by atoms with Crippen LogP contribution in [0.5, 0.6) is 0 Å². The monoisotopic (exact) mass is 368 g/mol. The Hall–Kier alpha value is -2.20. The van der Waals surface area contributed by atoms with Gasteiger partial charge in [-0.2, -0.15) is 15.1 Å². The number of nitrogens with zero attached hydrogens (tertiary/aromatic N) is 5. The molecule has 1 aliphatic rings. The topological polar surface area (TPSA) is 58.9 Å². The number of hydrogen-bond donors (Lipinski definition) is 1. The Bertz CT molecular complexity index is 927. The number of aromatic nitrogens is 4. The first-order chi connectivity index (χ1) is 12.5. The molecule has 1 aliphatic heterocycles. The predicted molar refractivity (Wildman–Crippen MR) is 111 cm³/mol. The van der Waals surface area contributed by atoms with Crippen molar-refractivity contribution in [2.75, 3.05) is 23.3 Å². The molecule has 0 amide bonds. The maximum Gasteiger partial charge on any atom is 0.229 e. The molecule has 136 valence electrons. The summed E-state index contributed by atoms with van der Waals surface area (Å²) in [5.74, 6) is 2.88. The molecule has 6 nitrogen and oxygen atoms in total. The number of nitrogens with one attached hydrogen (secondary N) is 1. The van der Waals surface area contributed by atoms with Crippen LogP contribution in [0, 0.1) is 11.8 Å². The molecule has 2 aromatic heterocycles. The van der Waals surface area contributed by atoms with Crippen LogP contribution in [0.2, 0.25) is 0 Å². The zero-order chi connectivity index (χ0) is 18.3. The van der Waals surface area contributed by atoms with Crippen LogP contribution in [0.25, 0.3) is 11.0 Å². The van der Waals surface area contributed by atoms with Gasteiger partial charge in [-0.05, 0) is 35.7 Å². The van der Waals surface area contributed by atoms with Gasteiger partial charge in [0.2, 0.25) is 5.95 Å². The zero-order valence-corrected chi connectivity index (χ0v) is 16.6. The summed E-state index contributed by atoms with van der Waals surface area (Å²) < 4.78 is 1.81.